The highest BCUT2D eigenvalue weighted by Gasteiger charge is 2.22. The van der Waals surface area contributed by atoms with Crippen molar-refractivity contribution in [2.75, 3.05) is 0 Å². The van der Waals surface area contributed by atoms with Crippen LogP contribution in [0.5, 0.6) is 5.75 Å². The van der Waals surface area contributed by atoms with E-state index in [1.165, 1.54) is 6.07 Å². The maximum Gasteiger partial charge on any atom is 0.524 e. The minimum atomic E-state index is -4.77. The highest BCUT2D eigenvalue weighted by atomic mass is 31.2. The van der Waals surface area contributed by atoms with Crippen LogP contribution in [-0.2, 0) is 4.57 Å². The van der Waals surface area contributed by atoms with Crippen molar-refractivity contribution in [3.63, 3.8) is 0 Å². The van der Waals surface area contributed by atoms with Crippen LogP contribution in [0.4, 0.5) is 0 Å². The van der Waals surface area contributed by atoms with Gasteiger partial charge in [-0.1, -0.05) is 18.2 Å². The molecule has 0 aromatic heterocycles. The second kappa shape index (κ2) is 4.70. The number of pyridine rings is 1. The summed E-state index contributed by atoms with van der Waals surface area (Å²) in [6.45, 7) is 1.74. The minimum absolute atomic E-state index is 0.331. The van der Waals surface area contributed by atoms with Gasteiger partial charge in [0, 0.05) is 5.52 Å². The molecule has 0 fully saturated rings. The molecule has 1 aliphatic heterocycles. The second-order valence-electron chi connectivity index (χ2n) is 4.75. The van der Waals surface area contributed by atoms with Crippen LogP contribution in [0, 0.1) is 6.92 Å². The summed E-state index contributed by atoms with van der Waals surface area (Å²) in [6.07, 6.45) is 0. The molecule has 2 aliphatic rings. The van der Waals surface area contributed by atoms with Crippen LogP contribution in [-0.4, -0.2) is 14.8 Å². The van der Waals surface area contributed by atoms with Crippen molar-refractivity contribution in [2.24, 2.45) is 0 Å². The molecule has 108 valence electrons. The molecule has 7 heteroatoms. The Kier molecular flexibility index (Phi) is 3.10. The SMILES string of the molecule is Cc1cc(OP(=O)(O)O)c(=O)c2cc3ccccc3[nH]c1-2. The van der Waals surface area contributed by atoms with Crippen molar-refractivity contribution in [3.05, 3.63) is 52.2 Å². The Bertz CT molecular complexity index is 911. The lowest BCUT2D eigenvalue weighted by atomic mass is 10.0. The Morgan fingerprint density at radius 2 is 1.90 bits per heavy atom. The van der Waals surface area contributed by atoms with E-state index >= 15 is 0 Å². The highest BCUT2D eigenvalue weighted by Crippen LogP contribution is 2.38. The summed E-state index contributed by atoms with van der Waals surface area (Å²) in [4.78, 5) is 33.2. The first-order valence-corrected chi connectivity index (χ1v) is 7.69. The fourth-order valence-electron chi connectivity index (χ4n) is 2.32. The molecule has 3 N–H and O–H groups in total. The van der Waals surface area contributed by atoms with Gasteiger partial charge < -0.3 is 9.51 Å². The predicted molar refractivity (Wildman–Crippen MR) is 78.6 cm³/mol. The maximum atomic E-state index is 12.3. The Morgan fingerprint density at radius 1 is 1.19 bits per heavy atom. The lowest BCUT2D eigenvalue weighted by Gasteiger charge is -2.14. The number of phosphoric ester groups is 1. The van der Waals surface area contributed by atoms with Crippen LogP contribution in [0.15, 0.2) is 41.2 Å². The Balaban J connectivity index is 2.34. The summed E-state index contributed by atoms with van der Waals surface area (Å²) in [7, 11) is -4.77. The van der Waals surface area contributed by atoms with Gasteiger partial charge in [0.15, 0.2) is 5.75 Å². The third-order valence-corrected chi connectivity index (χ3v) is 3.65. The fourth-order valence-corrected chi connectivity index (χ4v) is 2.71. The summed E-state index contributed by atoms with van der Waals surface area (Å²) in [5, 5.41) is 0.829. The van der Waals surface area contributed by atoms with Gasteiger partial charge in [-0.15, -0.1) is 0 Å². The number of aryl methyl sites for hydroxylation is 1. The Labute approximate surface area is 119 Å². The number of nitrogens with one attached hydrogen (secondary N) is 1. The van der Waals surface area contributed by atoms with Gasteiger partial charge in [0.25, 0.3) is 0 Å². The number of aromatic nitrogens is 1. The van der Waals surface area contributed by atoms with Crippen molar-refractivity contribution < 1.29 is 18.9 Å². The largest absolute Gasteiger partial charge is 0.524 e. The van der Waals surface area contributed by atoms with Gasteiger partial charge in [-0.2, -0.15) is 0 Å². The molecule has 1 aromatic rings. The van der Waals surface area contributed by atoms with Crippen LogP contribution < -0.4 is 9.95 Å². The summed E-state index contributed by atoms with van der Waals surface area (Å²) in [6, 6.07) is 10.5. The molecule has 0 bridgehead atoms. The third-order valence-electron chi connectivity index (χ3n) is 3.22. The molecular formula is C14H12NO5P. The number of hydrogen-bond acceptors (Lipinski definition) is 3. The molecule has 0 saturated heterocycles. The van der Waals surface area contributed by atoms with Crippen molar-refractivity contribution in [1.82, 2.24) is 4.98 Å². The van der Waals surface area contributed by atoms with Crippen LogP contribution in [0.1, 0.15) is 5.56 Å². The average Bonchev–Trinajstić information content (AvgIpc) is 2.41. The summed E-state index contributed by atoms with van der Waals surface area (Å²) >= 11 is 0. The number of H-pyrrole nitrogens is 1. The number of rotatable bonds is 2. The van der Waals surface area contributed by atoms with E-state index in [-0.39, 0.29) is 5.75 Å². The number of fused-ring (bicyclic) bond motifs is 2. The molecule has 3 rings (SSSR count). The average molecular weight is 305 g/mol. The van der Waals surface area contributed by atoms with Crippen molar-refractivity contribution >= 4 is 18.7 Å². The molecule has 1 aromatic carbocycles. The van der Waals surface area contributed by atoms with Crippen LogP contribution >= 0.6 is 7.82 Å². The molecule has 6 nitrogen and oxygen atoms in total. The lowest BCUT2D eigenvalue weighted by Crippen LogP contribution is -2.12. The molecule has 0 atom stereocenters. The number of aromatic amines is 1. The van der Waals surface area contributed by atoms with Gasteiger partial charge in [-0.25, -0.2) is 4.57 Å². The lowest BCUT2D eigenvalue weighted by molar-refractivity contribution is 0.282. The van der Waals surface area contributed by atoms with E-state index in [0.29, 0.717) is 16.8 Å². The molecule has 1 aliphatic carbocycles. The molecule has 21 heavy (non-hydrogen) atoms. The maximum absolute atomic E-state index is 12.3. The minimum Gasteiger partial charge on any atom is -0.400 e. The van der Waals surface area contributed by atoms with E-state index < -0.39 is 13.3 Å². The van der Waals surface area contributed by atoms with E-state index in [2.05, 4.69) is 9.51 Å². The summed E-state index contributed by atoms with van der Waals surface area (Å²) in [5.41, 5.74) is 1.93. The first-order valence-electron chi connectivity index (χ1n) is 6.16. The molecule has 0 saturated carbocycles. The van der Waals surface area contributed by atoms with E-state index in [1.54, 1.807) is 13.0 Å². The zero-order chi connectivity index (χ0) is 15.2. The fraction of sp³-hybridized carbons (Fsp3) is 0.0714. The monoisotopic (exact) mass is 305 g/mol. The molecule has 0 spiro atoms. The van der Waals surface area contributed by atoms with Crippen LogP contribution in [0.2, 0.25) is 0 Å². The third kappa shape index (κ3) is 2.56. The van der Waals surface area contributed by atoms with E-state index in [9.17, 15) is 9.36 Å². The van der Waals surface area contributed by atoms with Gasteiger partial charge in [0.2, 0.25) is 5.43 Å². The van der Waals surface area contributed by atoms with Crippen molar-refractivity contribution in [3.8, 4) is 17.0 Å². The molecule has 1 heterocycles. The summed E-state index contributed by atoms with van der Waals surface area (Å²) < 4.78 is 15.4. The molecule has 0 unspecified atom stereocenters. The quantitative estimate of drug-likeness (QED) is 0.499. The van der Waals surface area contributed by atoms with Gasteiger partial charge in [-0.3, -0.25) is 14.6 Å². The standard InChI is InChI=1S/C14H12NO5P/c1-8-6-12(20-21(17,18)19)14(16)10-7-9-4-2-3-5-11(9)15-13(8)10/h2-7,15H,1H3,(H2,17,18,19). The van der Waals surface area contributed by atoms with Gasteiger partial charge in [0.05, 0.1) is 11.3 Å². The van der Waals surface area contributed by atoms with E-state index in [1.807, 2.05) is 24.3 Å². The Hall–Kier alpha value is -2.14. The highest BCUT2D eigenvalue weighted by molar-refractivity contribution is 7.46. The van der Waals surface area contributed by atoms with E-state index in [4.69, 9.17) is 9.79 Å². The zero-order valence-corrected chi connectivity index (χ0v) is 11.9. The van der Waals surface area contributed by atoms with E-state index in [0.717, 1.165) is 10.9 Å². The van der Waals surface area contributed by atoms with Crippen LogP contribution in [0.3, 0.4) is 0 Å². The van der Waals surface area contributed by atoms with Gasteiger partial charge >= 0.3 is 7.82 Å². The summed E-state index contributed by atoms with van der Waals surface area (Å²) in [5.74, 6) is -0.350. The zero-order valence-electron chi connectivity index (χ0n) is 11.0. The molecule has 0 amide bonds. The normalized spacial score (nSPS) is 12.0. The molecule has 0 radical (unpaired) electrons. The van der Waals surface area contributed by atoms with Gasteiger partial charge in [0.1, 0.15) is 0 Å². The van der Waals surface area contributed by atoms with Crippen LogP contribution in [0.25, 0.3) is 22.2 Å². The second-order valence-corrected chi connectivity index (χ2v) is 5.91. The number of para-hydroxylation sites is 1. The molecular weight excluding hydrogens is 293 g/mol. The Morgan fingerprint density at radius 3 is 2.62 bits per heavy atom. The first-order chi connectivity index (χ1) is 9.85. The van der Waals surface area contributed by atoms with Crippen molar-refractivity contribution in [2.45, 2.75) is 6.92 Å². The number of benzene rings is 2. The predicted octanol–water partition coefficient (Wildman–Crippen LogP) is 2.41. The first kappa shape index (κ1) is 13.8. The topological polar surface area (TPSA) is 99.6 Å². The van der Waals surface area contributed by atoms with Gasteiger partial charge in [-0.05, 0) is 36.1 Å². The number of hydrogen-bond donors (Lipinski definition) is 3. The van der Waals surface area contributed by atoms with Crippen molar-refractivity contribution in [1.29, 1.82) is 0 Å². The number of phosphoric acid groups is 1. The smallest absolute Gasteiger partial charge is 0.400 e.